The van der Waals surface area contributed by atoms with Crippen LogP contribution >= 0.6 is 0 Å². The molecule has 160 valence electrons. The maximum Gasteiger partial charge on any atom is 0.187 e. The number of aryl methyl sites for hydroxylation is 1. The van der Waals surface area contributed by atoms with Crippen molar-refractivity contribution in [3.63, 3.8) is 0 Å². The predicted octanol–water partition coefficient (Wildman–Crippen LogP) is 7.71. The number of nitrogens with zero attached hydrogens (tertiary/aromatic N) is 4. The van der Waals surface area contributed by atoms with Gasteiger partial charge in [-0.3, -0.25) is 4.57 Å². The molecule has 0 aliphatic carbocycles. The summed E-state index contributed by atoms with van der Waals surface area (Å²) in [5.74, 6) is 2.24. The van der Waals surface area contributed by atoms with Gasteiger partial charge in [0.1, 0.15) is 0 Å². The zero-order valence-electron chi connectivity index (χ0n) is 19.3. The summed E-state index contributed by atoms with van der Waals surface area (Å²) in [6, 6.07) is 22.5. The van der Waals surface area contributed by atoms with Gasteiger partial charge in [0.15, 0.2) is 17.3 Å². The van der Waals surface area contributed by atoms with Crippen LogP contribution in [0.4, 0.5) is 5.69 Å². The largest absolute Gasteiger partial charge is 0.274 e. The third-order valence-electron chi connectivity index (χ3n) is 5.85. The molecule has 3 aromatic carbocycles. The van der Waals surface area contributed by atoms with Crippen molar-refractivity contribution < 1.29 is 0 Å². The van der Waals surface area contributed by atoms with Gasteiger partial charge in [-0.15, -0.1) is 10.2 Å². The van der Waals surface area contributed by atoms with Gasteiger partial charge in [-0.1, -0.05) is 88.4 Å². The summed E-state index contributed by atoms with van der Waals surface area (Å²) in [5, 5.41) is 9.36. The van der Waals surface area contributed by atoms with Crippen LogP contribution < -0.4 is 0 Å². The Hall–Kier alpha value is -3.71. The molecule has 1 aromatic heterocycles. The van der Waals surface area contributed by atoms with Crippen LogP contribution in [-0.4, -0.2) is 14.8 Å². The Bertz CT molecular complexity index is 1280. The van der Waals surface area contributed by atoms with E-state index in [1.54, 1.807) is 0 Å². The molecule has 0 bridgehead atoms. The standard InChI is InChI=1S/C28H28N4/c1-18(2)23-15-10-16-24(19(3)4)26(23)32-27(21-12-9-13-22(17-21)29-6)30-31-28(32)25-14-8-7-11-20(25)5/h7-19H,1-5H3. The molecule has 0 amide bonds. The lowest BCUT2D eigenvalue weighted by Crippen LogP contribution is -2.10. The zero-order chi connectivity index (χ0) is 22.8. The molecule has 4 aromatic rings. The summed E-state index contributed by atoms with van der Waals surface area (Å²) in [6.45, 7) is 18.4. The Morgan fingerprint density at radius 2 is 1.41 bits per heavy atom. The third-order valence-corrected chi connectivity index (χ3v) is 5.85. The van der Waals surface area contributed by atoms with E-state index in [-0.39, 0.29) is 0 Å². The van der Waals surface area contributed by atoms with Gasteiger partial charge in [0.25, 0.3) is 0 Å². The molecule has 4 rings (SSSR count). The van der Waals surface area contributed by atoms with Gasteiger partial charge < -0.3 is 0 Å². The minimum atomic E-state index is 0.332. The molecule has 0 saturated carbocycles. The topological polar surface area (TPSA) is 35.1 Å². The number of benzene rings is 3. The van der Waals surface area contributed by atoms with Gasteiger partial charge in [0.2, 0.25) is 0 Å². The molecule has 0 radical (unpaired) electrons. The minimum Gasteiger partial charge on any atom is -0.274 e. The molecule has 0 spiro atoms. The molecule has 0 aliphatic heterocycles. The molecule has 0 atom stereocenters. The van der Waals surface area contributed by atoms with E-state index < -0.39 is 0 Å². The van der Waals surface area contributed by atoms with E-state index in [4.69, 9.17) is 11.7 Å². The molecule has 0 N–H and O–H groups in total. The van der Waals surface area contributed by atoms with Crippen LogP contribution in [-0.2, 0) is 0 Å². The highest BCUT2D eigenvalue weighted by molar-refractivity contribution is 5.72. The van der Waals surface area contributed by atoms with E-state index >= 15 is 0 Å². The first kappa shape index (κ1) is 21.5. The van der Waals surface area contributed by atoms with Crippen molar-refractivity contribution in [2.24, 2.45) is 0 Å². The molecular weight excluding hydrogens is 392 g/mol. The Morgan fingerprint density at radius 1 is 0.781 bits per heavy atom. The predicted molar refractivity (Wildman–Crippen MR) is 131 cm³/mol. The fourth-order valence-electron chi connectivity index (χ4n) is 4.17. The number of para-hydroxylation sites is 1. The van der Waals surface area contributed by atoms with E-state index in [0.717, 1.165) is 34.0 Å². The summed E-state index contributed by atoms with van der Waals surface area (Å²) in [4.78, 5) is 3.62. The zero-order valence-corrected chi connectivity index (χ0v) is 19.3. The van der Waals surface area contributed by atoms with Gasteiger partial charge in [-0.05, 0) is 41.5 Å². The highest BCUT2D eigenvalue weighted by Crippen LogP contribution is 2.38. The molecule has 32 heavy (non-hydrogen) atoms. The number of aromatic nitrogens is 3. The Kier molecular flexibility index (Phi) is 5.92. The highest BCUT2D eigenvalue weighted by atomic mass is 15.3. The summed E-state index contributed by atoms with van der Waals surface area (Å²) in [7, 11) is 0. The van der Waals surface area contributed by atoms with E-state index in [9.17, 15) is 0 Å². The molecule has 1 heterocycles. The smallest absolute Gasteiger partial charge is 0.187 e. The fraction of sp³-hybridized carbons (Fsp3) is 0.250. The molecule has 0 unspecified atom stereocenters. The lowest BCUT2D eigenvalue weighted by atomic mass is 9.92. The molecular formula is C28H28N4. The van der Waals surface area contributed by atoms with E-state index in [1.165, 1.54) is 11.1 Å². The molecule has 0 saturated heterocycles. The second kappa shape index (κ2) is 8.80. The van der Waals surface area contributed by atoms with E-state index in [0.29, 0.717) is 17.5 Å². The van der Waals surface area contributed by atoms with Gasteiger partial charge in [-0.2, -0.15) is 0 Å². The average molecular weight is 421 g/mol. The maximum atomic E-state index is 7.45. The summed E-state index contributed by atoms with van der Waals surface area (Å²) in [5.41, 5.74) is 7.34. The van der Waals surface area contributed by atoms with Crippen LogP contribution in [0.2, 0.25) is 0 Å². The van der Waals surface area contributed by atoms with Crippen LogP contribution in [0.5, 0.6) is 0 Å². The van der Waals surface area contributed by atoms with Crippen LogP contribution in [0.25, 0.3) is 33.3 Å². The first-order chi connectivity index (χ1) is 15.4. The van der Waals surface area contributed by atoms with Gasteiger partial charge in [0, 0.05) is 11.1 Å². The van der Waals surface area contributed by atoms with Crippen LogP contribution in [0.1, 0.15) is 56.2 Å². The van der Waals surface area contributed by atoms with Gasteiger partial charge in [-0.25, -0.2) is 4.85 Å². The van der Waals surface area contributed by atoms with Gasteiger partial charge >= 0.3 is 0 Å². The van der Waals surface area contributed by atoms with Crippen molar-refractivity contribution in [1.82, 2.24) is 14.8 Å². The van der Waals surface area contributed by atoms with E-state index in [2.05, 4.69) is 79.5 Å². The van der Waals surface area contributed by atoms with Crippen molar-refractivity contribution in [3.8, 4) is 28.5 Å². The molecule has 4 nitrogen and oxygen atoms in total. The van der Waals surface area contributed by atoms with Crippen molar-refractivity contribution in [2.45, 2.75) is 46.5 Å². The average Bonchev–Trinajstić information content (AvgIpc) is 3.23. The Morgan fingerprint density at radius 3 is 2.03 bits per heavy atom. The Labute approximate surface area is 190 Å². The van der Waals surface area contributed by atoms with Crippen LogP contribution in [0, 0.1) is 13.5 Å². The number of rotatable bonds is 5. The van der Waals surface area contributed by atoms with Crippen LogP contribution in [0.15, 0.2) is 66.7 Å². The van der Waals surface area contributed by atoms with Crippen LogP contribution in [0.3, 0.4) is 0 Å². The highest BCUT2D eigenvalue weighted by Gasteiger charge is 2.24. The first-order valence-electron chi connectivity index (χ1n) is 11.0. The summed E-state index contributed by atoms with van der Waals surface area (Å²) in [6.07, 6.45) is 0. The first-order valence-corrected chi connectivity index (χ1v) is 11.0. The van der Waals surface area contributed by atoms with E-state index in [1.807, 2.05) is 36.4 Å². The van der Waals surface area contributed by atoms with Crippen molar-refractivity contribution in [1.29, 1.82) is 0 Å². The molecule has 4 heteroatoms. The SMILES string of the molecule is [C-]#[N+]c1cccc(-c2nnc(-c3ccccc3C)n2-c2c(C(C)C)cccc2C(C)C)c1. The lowest BCUT2D eigenvalue weighted by molar-refractivity contribution is 0.807. The fourth-order valence-corrected chi connectivity index (χ4v) is 4.17. The monoisotopic (exact) mass is 420 g/mol. The number of hydrogen-bond donors (Lipinski definition) is 0. The second-order valence-corrected chi connectivity index (χ2v) is 8.75. The minimum absolute atomic E-state index is 0.332. The number of hydrogen-bond acceptors (Lipinski definition) is 2. The molecule has 0 aliphatic rings. The Balaban J connectivity index is 2.13. The normalized spacial score (nSPS) is 11.2. The quantitative estimate of drug-likeness (QED) is 0.310. The summed E-state index contributed by atoms with van der Waals surface area (Å²) >= 11 is 0. The van der Waals surface area contributed by atoms with Crippen molar-refractivity contribution in [3.05, 3.63) is 94.8 Å². The van der Waals surface area contributed by atoms with Crippen molar-refractivity contribution >= 4 is 5.69 Å². The molecule has 0 fully saturated rings. The third kappa shape index (κ3) is 3.83. The van der Waals surface area contributed by atoms with Gasteiger partial charge in [0.05, 0.1) is 12.3 Å². The lowest BCUT2D eigenvalue weighted by Gasteiger charge is -2.23. The second-order valence-electron chi connectivity index (χ2n) is 8.75. The van der Waals surface area contributed by atoms with Crippen molar-refractivity contribution in [2.75, 3.05) is 0 Å². The summed E-state index contributed by atoms with van der Waals surface area (Å²) < 4.78 is 2.20. The maximum absolute atomic E-state index is 7.45.